The Balaban J connectivity index is 1.38. The average Bonchev–Trinajstić information content (AvgIpc) is 3.10. The van der Waals surface area contributed by atoms with E-state index in [2.05, 4.69) is 15.2 Å². The standard InChI is InChI=1S/C19H22ClN3O2S/c20-14-3-1-13(2-4-14)17-21-11-16(26-17)12-23-7-5-19(6-8-23)9-15(24)10-22-18(19)25/h1-4,11,15,24H,5-10,12H2,(H,22,25). The summed E-state index contributed by atoms with van der Waals surface area (Å²) in [5, 5.41) is 14.5. The fourth-order valence-corrected chi connectivity index (χ4v) is 5.00. The number of carbonyl (C=O) groups is 1. The van der Waals surface area contributed by atoms with Gasteiger partial charge in [-0.3, -0.25) is 9.69 Å². The number of aliphatic hydroxyl groups excluding tert-OH is 1. The molecule has 1 amide bonds. The number of halogens is 1. The van der Waals surface area contributed by atoms with Crippen molar-refractivity contribution >= 4 is 28.8 Å². The van der Waals surface area contributed by atoms with Crippen LogP contribution in [0.4, 0.5) is 0 Å². The van der Waals surface area contributed by atoms with E-state index in [0.29, 0.717) is 13.0 Å². The molecule has 138 valence electrons. The fraction of sp³-hybridized carbons (Fsp3) is 0.474. The van der Waals surface area contributed by atoms with Gasteiger partial charge < -0.3 is 10.4 Å². The summed E-state index contributed by atoms with van der Waals surface area (Å²) in [4.78, 5) is 20.4. The number of β-amino-alcohol motifs (C(OH)–C–C–N with tert-alkyl or cyclic N) is 1. The van der Waals surface area contributed by atoms with Crippen molar-refractivity contribution in [1.82, 2.24) is 15.2 Å². The zero-order chi connectivity index (χ0) is 18.1. The maximum atomic E-state index is 12.3. The third kappa shape index (κ3) is 3.64. The van der Waals surface area contributed by atoms with E-state index in [1.54, 1.807) is 11.3 Å². The van der Waals surface area contributed by atoms with E-state index < -0.39 is 6.10 Å². The highest BCUT2D eigenvalue weighted by molar-refractivity contribution is 7.15. The van der Waals surface area contributed by atoms with Crippen molar-refractivity contribution in [2.24, 2.45) is 5.41 Å². The van der Waals surface area contributed by atoms with Gasteiger partial charge in [-0.2, -0.15) is 0 Å². The Morgan fingerprint density at radius 1 is 1.31 bits per heavy atom. The van der Waals surface area contributed by atoms with E-state index in [1.807, 2.05) is 30.5 Å². The lowest BCUT2D eigenvalue weighted by Crippen LogP contribution is -2.55. The number of likely N-dealkylation sites (tertiary alicyclic amines) is 1. The maximum absolute atomic E-state index is 12.3. The average molecular weight is 392 g/mol. The van der Waals surface area contributed by atoms with Crippen LogP contribution >= 0.6 is 22.9 Å². The molecule has 3 heterocycles. The molecule has 2 aliphatic rings. The number of piperidine rings is 2. The van der Waals surface area contributed by atoms with Crippen LogP contribution in [0.15, 0.2) is 30.5 Å². The van der Waals surface area contributed by atoms with Crippen molar-refractivity contribution in [3.05, 3.63) is 40.4 Å². The monoisotopic (exact) mass is 391 g/mol. The molecule has 26 heavy (non-hydrogen) atoms. The molecular weight excluding hydrogens is 370 g/mol. The Kier molecular flexibility index (Phi) is 5.01. The minimum Gasteiger partial charge on any atom is -0.391 e. The van der Waals surface area contributed by atoms with Crippen LogP contribution in [-0.2, 0) is 11.3 Å². The first kappa shape index (κ1) is 17.9. The second-order valence-electron chi connectivity index (χ2n) is 7.26. The van der Waals surface area contributed by atoms with Crippen LogP contribution in [0.1, 0.15) is 24.1 Å². The van der Waals surface area contributed by atoms with Crippen molar-refractivity contribution in [1.29, 1.82) is 0 Å². The third-order valence-corrected chi connectivity index (χ3v) is 6.73. The maximum Gasteiger partial charge on any atom is 0.226 e. The van der Waals surface area contributed by atoms with Gasteiger partial charge in [-0.1, -0.05) is 23.7 Å². The van der Waals surface area contributed by atoms with Gasteiger partial charge in [0.15, 0.2) is 0 Å². The van der Waals surface area contributed by atoms with Crippen LogP contribution in [0, 0.1) is 5.41 Å². The minimum absolute atomic E-state index is 0.116. The fourth-order valence-electron chi connectivity index (χ4n) is 3.91. The number of hydrogen-bond acceptors (Lipinski definition) is 5. The van der Waals surface area contributed by atoms with Crippen LogP contribution in [0.25, 0.3) is 10.6 Å². The molecule has 0 bridgehead atoms. The highest BCUT2D eigenvalue weighted by atomic mass is 35.5. The SMILES string of the molecule is O=C1NCC(O)CC12CCN(Cc1cnc(-c3ccc(Cl)cc3)s1)CC2. The molecule has 7 heteroatoms. The van der Waals surface area contributed by atoms with Crippen LogP contribution in [-0.4, -0.2) is 46.6 Å². The molecule has 4 rings (SSSR count). The van der Waals surface area contributed by atoms with Crippen molar-refractivity contribution in [2.45, 2.75) is 31.9 Å². The third-order valence-electron chi connectivity index (χ3n) is 5.44. The summed E-state index contributed by atoms with van der Waals surface area (Å²) in [5.41, 5.74) is 0.701. The van der Waals surface area contributed by atoms with Crippen LogP contribution in [0.5, 0.6) is 0 Å². The number of nitrogens with one attached hydrogen (secondary N) is 1. The summed E-state index contributed by atoms with van der Waals surface area (Å²) in [5.74, 6) is 0.116. The largest absolute Gasteiger partial charge is 0.391 e. The van der Waals surface area contributed by atoms with Crippen LogP contribution in [0.3, 0.4) is 0 Å². The number of nitrogens with zero attached hydrogens (tertiary/aromatic N) is 2. The molecule has 1 unspecified atom stereocenters. The lowest BCUT2D eigenvalue weighted by atomic mass is 9.71. The molecule has 2 N–H and O–H groups in total. The van der Waals surface area contributed by atoms with E-state index in [0.717, 1.165) is 48.1 Å². The van der Waals surface area contributed by atoms with Crippen molar-refractivity contribution in [3.8, 4) is 10.6 Å². The van der Waals surface area contributed by atoms with Crippen LogP contribution in [0.2, 0.25) is 5.02 Å². The van der Waals surface area contributed by atoms with Crippen LogP contribution < -0.4 is 5.32 Å². The van der Waals surface area contributed by atoms with Crippen molar-refractivity contribution in [3.63, 3.8) is 0 Å². The molecular formula is C19H22ClN3O2S. The van der Waals surface area contributed by atoms with E-state index in [1.165, 1.54) is 4.88 Å². The minimum atomic E-state index is -0.414. The first-order chi connectivity index (χ1) is 12.5. The Morgan fingerprint density at radius 2 is 2.04 bits per heavy atom. The lowest BCUT2D eigenvalue weighted by Gasteiger charge is -2.44. The van der Waals surface area contributed by atoms with Gasteiger partial charge in [0.1, 0.15) is 5.01 Å². The predicted octanol–water partition coefficient (Wildman–Crippen LogP) is 2.93. The summed E-state index contributed by atoms with van der Waals surface area (Å²) in [6, 6.07) is 7.74. The van der Waals surface area contributed by atoms with Gasteiger partial charge >= 0.3 is 0 Å². The highest BCUT2D eigenvalue weighted by Crippen LogP contribution is 2.39. The molecule has 2 fully saturated rings. The quantitative estimate of drug-likeness (QED) is 0.844. The second-order valence-corrected chi connectivity index (χ2v) is 8.81. The Bertz CT molecular complexity index is 784. The summed E-state index contributed by atoms with van der Waals surface area (Å²) in [6.07, 6.45) is 3.73. The number of hydrogen-bond donors (Lipinski definition) is 2. The number of benzene rings is 1. The summed E-state index contributed by atoms with van der Waals surface area (Å²) in [7, 11) is 0. The molecule has 2 aromatic rings. The summed E-state index contributed by atoms with van der Waals surface area (Å²) >= 11 is 7.64. The second kappa shape index (κ2) is 7.27. The first-order valence-electron chi connectivity index (χ1n) is 8.93. The molecule has 0 aliphatic carbocycles. The Hall–Kier alpha value is -1.47. The molecule has 0 radical (unpaired) electrons. The van der Waals surface area contributed by atoms with Gasteiger partial charge in [0.25, 0.3) is 0 Å². The molecule has 1 aromatic heterocycles. The molecule has 1 aromatic carbocycles. The molecule has 1 atom stereocenters. The number of aromatic nitrogens is 1. The van der Waals surface area contributed by atoms with Gasteiger partial charge in [0.05, 0.1) is 11.5 Å². The number of amides is 1. The van der Waals surface area contributed by atoms with Gasteiger partial charge in [0.2, 0.25) is 5.91 Å². The number of thiazole rings is 1. The van der Waals surface area contributed by atoms with Crippen molar-refractivity contribution < 1.29 is 9.90 Å². The van der Waals surface area contributed by atoms with Gasteiger partial charge in [-0.05, 0) is 44.5 Å². The Morgan fingerprint density at radius 3 is 2.77 bits per heavy atom. The zero-order valence-corrected chi connectivity index (χ0v) is 16.0. The van der Waals surface area contributed by atoms with Gasteiger partial charge in [-0.15, -0.1) is 11.3 Å². The normalized spacial score (nSPS) is 23.2. The smallest absolute Gasteiger partial charge is 0.226 e. The van der Waals surface area contributed by atoms with E-state index >= 15 is 0 Å². The zero-order valence-electron chi connectivity index (χ0n) is 14.4. The number of aliphatic hydroxyl groups is 1. The highest BCUT2D eigenvalue weighted by Gasteiger charge is 2.45. The number of carbonyl (C=O) groups excluding carboxylic acids is 1. The number of rotatable bonds is 3. The van der Waals surface area contributed by atoms with Gasteiger partial charge in [0, 0.05) is 34.7 Å². The predicted molar refractivity (Wildman–Crippen MR) is 103 cm³/mol. The molecule has 5 nitrogen and oxygen atoms in total. The van der Waals surface area contributed by atoms with E-state index in [9.17, 15) is 9.90 Å². The van der Waals surface area contributed by atoms with Gasteiger partial charge in [-0.25, -0.2) is 4.98 Å². The Labute approximate surface area is 162 Å². The summed E-state index contributed by atoms with van der Waals surface area (Å²) in [6.45, 7) is 2.98. The molecule has 0 saturated carbocycles. The first-order valence-corrected chi connectivity index (χ1v) is 10.1. The topological polar surface area (TPSA) is 65.5 Å². The molecule has 2 saturated heterocycles. The summed E-state index contributed by atoms with van der Waals surface area (Å²) < 4.78 is 0. The van der Waals surface area contributed by atoms with E-state index in [-0.39, 0.29) is 11.3 Å². The molecule has 2 aliphatic heterocycles. The van der Waals surface area contributed by atoms with Crippen molar-refractivity contribution in [2.75, 3.05) is 19.6 Å². The lowest BCUT2D eigenvalue weighted by molar-refractivity contribution is -0.141. The van der Waals surface area contributed by atoms with E-state index in [4.69, 9.17) is 11.6 Å². The molecule has 1 spiro atoms.